The minimum absolute atomic E-state index is 0.0364. The van der Waals surface area contributed by atoms with Crippen molar-refractivity contribution in [3.8, 4) is 0 Å². The number of aromatic nitrogens is 3. The highest BCUT2D eigenvalue weighted by Gasteiger charge is 2.08. The molecule has 0 unspecified atom stereocenters. The lowest BCUT2D eigenvalue weighted by molar-refractivity contribution is 0.310. The molecule has 0 aliphatic rings. The first-order chi connectivity index (χ1) is 6.74. The third-order valence-corrected chi connectivity index (χ3v) is 2.39. The second-order valence-corrected chi connectivity index (χ2v) is 3.35. The number of hydrogen-bond donors (Lipinski definition) is 0. The molecule has 0 aliphatic heterocycles. The van der Waals surface area contributed by atoms with Crippen molar-refractivity contribution in [1.82, 2.24) is 14.8 Å². The Morgan fingerprint density at radius 2 is 2.36 bits per heavy atom. The van der Waals surface area contributed by atoms with Crippen LogP contribution in [0.3, 0.4) is 0 Å². The van der Waals surface area contributed by atoms with Gasteiger partial charge in [-0.2, -0.15) is 0 Å². The molecular formula is C8H6FN3OS. The van der Waals surface area contributed by atoms with Crippen molar-refractivity contribution in [3.63, 3.8) is 0 Å². The molecule has 0 bridgehead atoms. The predicted molar refractivity (Wildman–Crippen MR) is 52.1 cm³/mol. The number of thioether (sulfide) groups is 1. The van der Waals surface area contributed by atoms with Crippen LogP contribution in [0, 0.1) is 0 Å². The van der Waals surface area contributed by atoms with Crippen molar-refractivity contribution < 1.29 is 4.48 Å². The minimum Gasteiger partial charge on any atom is -0.266 e. The predicted octanol–water partition coefficient (Wildman–Crippen LogP) is 1.25. The van der Waals surface area contributed by atoms with Gasteiger partial charge >= 0.3 is 0 Å². The zero-order valence-electron chi connectivity index (χ0n) is 7.27. The van der Waals surface area contributed by atoms with Crippen LogP contribution in [0.4, 0.5) is 4.48 Å². The lowest BCUT2D eigenvalue weighted by Gasteiger charge is -2.01. The van der Waals surface area contributed by atoms with E-state index in [0.29, 0.717) is 5.52 Å². The summed E-state index contributed by atoms with van der Waals surface area (Å²) in [6, 6.07) is 1.58. The van der Waals surface area contributed by atoms with E-state index in [4.69, 9.17) is 0 Å². The van der Waals surface area contributed by atoms with Crippen LogP contribution in [0.1, 0.15) is 0 Å². The van der Waals surface area contributed by atoms with Gasteiger partial charge in [0.1, 0.15) is 0 Å². The summed E-state index contributed by atoms with van der Waals surface area (Å²) < 4.78 is 13.2. The van der Waals surface area contributed by atoms with E-state index in [2.05, 4.69) is 9.97 Å². The fourth-order valence-electron chi connectivity index (χ4n) is 1.11. The monoisotopic (exact) mass is 211 g/mol. The SMILES string of the molecule is CSc1nc2ccncc2c(=O)n1F. The van der Waals surface area contributed by atoms with E-state index in [1.54, 1.807) is 12.3 Å². The van der Waals surface area contributed by atoms with Gasteiger partial charge in [0.05, 0.1) is 10.9 Å². The Labute approximate surface area is 82.7 Å². The van der Waals surface area contributed by atoms with Crippen LogP contribution in [0.25, 0.3) is 10.9 Å². The number of halogens is 1. The summed E-state index contributed by atoms with van der Waals surface area (Å²) in [5.74, 6) is 0. The largest absolute Gasteiger partial charge is 0.292 e. The van der Waals surface area contributed by atoms with Gasteiger partial charge in [-0.1, -0.05) is 16.2 Å². The average molecular weight is 211 g/mol. The molecule has 0 saturated heterocycles. The van der Waals surface area contributed by atoms with Crippen LogP contribution in [0.15, 0.2) is 28.4 Å². The quantitative estimate of drug-likeness (QED) is 0.526. The van der Waals surface area contributed by atoms with Crippen LogP contribution >= 0.6 is 11.8 Å². The summed E-state index contributed by atoms with van der Waals surface area (Å²) in [6.07, 6.45) is 4.48. The van der Waals surface area contributed by atoms with Gasteiger partial charge in [-0.05, 0) is 12.3 Å². The first kappa shape index (κ1) is 9.14. The lowest BCUT2D eigenvalue weighted by atomic mass is 10.3. The molecule has 14 heavy (non-hydrogen) atoms. The maximum Gasteiger partial charge on any atom is 0.292 e. The molecule has 6 heteroatoms. The fraction of sp³-hybridized carbons (Fsp3) is 0.125. The minimum atomic E-state index is -0.715. The summed E-state index contributed by atoms with van der Waals surface area (Å²) in [5.41, 5.74) is -0.254. The fourth-order valence-corrected chi connectivity index (χ4v) is 1.55. The Morgan fingerprint density at radius 3 is 3.07 bits per heavy atom. The van der Waals surface area contributed by atoms with Crippen molar-refractivity contribution in [1.29, 1.82) is 0 Å². The molecule has 2 aromatic heterocycles. The van der Waals surface area contributed by atoms with Crippen LogP contribution in [-0.2, 0) is 0 Å². The number of rotatable bonds is 1. The van der Waals surface area contributed by atoms with Crippen LogP contribution < -0.4 is 5.56 Å². The highest BCUT2D eigenvalue weighted by Crippen LogP contribution is 2.13. The summed E-state index contributed by atoms with van der Waals surface area (Å²) in [5, 5.41) is 0.238. The van der Waals surface area contributed by atoms with Gasteiger partial charge in [0.2, 0.25) is 5.16 Å². The summed E-state index contributed by atoms with van der Waals surface area (Å²) in [6.45, 7) is 0. The average Bonchev–Trinajstić information content (AvgIpc) is 2.23. The van der Waals surface area contributed by atoms with Gasteiger partial charge in [-0.25, -0.2) is 4.98 Å². The second-order valence-electron chi connectivity index (χ2n) is 2.58. The Kier molecular flexibility index (Phi) is 2.20. The van der Waals surface area contributed by atoms with Gasteiger partial charge < -0.3 is 0 Å². The Bertz CT molecular complexity index is 540. The van der Waals surface area contributed by atoms with Crippen molar-refractivity contribution >= 4 is 22.7 Å². The summed E-state index contributed by atoms with van der Waals surface area (Å²) in [7, 11) is 0. The van der Waals surface area contributed by atoms with E-state index in [1.807, 2.05) is 0 Å². The standard InChI is InChI=1S/C8H6FN3OS/c1-14-8-11-6-2-3-10-4-5(6)7(13)12(8)9/h2-4H,1H3. The van der Waals surface area contributed by atoms with Gasteiger partial charge in [0.25, 0.3) is 5.56 Å². The van der Waals surface area contributed by atoms with Gasteiger partial charge in [0.15, 0.2) is 0 Å². The third kappa shape index (κ3) is 1.27. The van der Waals surface area contributed by atoms with E-state index in [-0.39, 0.29) is 15.3 Å². The molecule has 0 radical (unpaired) electrons. The first-order valence-corrected chi connectivity index (χ1v) is 5.03. The third-order valence-electron chi connectivity index (χ3n) is 1.77. The highest BCUT2D eigenvalue weighted by atomic mass is 32.2. The van der Waals surface area contributed by atoms with E-state index in [1.165, 1.54) is 12.4 Å². The summed E-state index contributed by atoms with van der Waals surface area (Å²) in [4.78, 5) is 19.1. The van der Waals surface area contributed by atoms with E-state index < -0.39 is 5.56 Å². The Balaban J connectivity index is 2.92. The number of nitrogens with zero attached hydrogens (tertiary/aromatic N) is 3. The Morgan fingerprint density at radius 1 is 1.57 bits per heavy atom. The molecule has 2 heterocycles. The molecule has 0 N–H and O–H groups in total. The van der Waals surface area contributed by atoms with Gasteiger partial charge in [0, 0.05) is 12.4 Å². The van der Waals surface area contributed by atoms with Crippen LogP contribution in [0.2, 0.25) is 0 Å². The maximum atomic E-state index is 13.2. The van der Waals surface area contributed by atoms with Gasteiger partial charge in [-0.3, -0.25) is 9.78 Å². The van der Waals surface area contributed by atoms with Crippen molar-refractivity contribution in [2.75, 3.05) is 6.26 Å². The molecule has 0 saturated carbocycles. The maximum absolute atomic E-state index is 13.2. The van der Waals surface area contributed by atoms with Crippen molar-refractivity contribution in [2.45, 2.75) is 5.16 Å². The number of fused-ring (bicyclic) bond motifs is 1. The summed E-state index contributed by atoms with van der Waals surface area (Å²) >= 11 is 1.08. The molecule has 2 aromatic rings. The normalized spacial score (nSPS) is 10.7. The molecule has 0 amide bonds. The van der Waals surface area contributed by atoms with Crippen LogP contribution in [-0.4, -0.2) is 21.0 Å². The molecule has 0 spiro atoms. The Hall–Kier alpha value is -1.43. The van der Waals surface area contributed by atoms with Crippen molar-refractivity contribution in [2.24, 2.45) is 0 Å². The molecular weight excluding hydrogens is 205 g/mol. The van der Waals surface area contributed by atoms with E-state index in [0.717, 1.165) is 11.8 Å². The molecule has 0 fully saturated rings. The molecule has 2 rings (SSSR count). The molecule has 4 nitrogen and oxygen atoms in total. The van der Waals surface area contributed by atoms with Crippen LogP contribution in [0.5, 0.6) is 0 Å². The zero-order chi connectivity index (χ0) is 10.1. The molecule has 0 aromatic carbocycles. The highest BCUT2D eigenvalue weighted by molar-refractivity contribution is 7.98. The number of hydrogen-bond acceptors (Lipinski definition) is 4. The lowest BCUT2D eigenvalue weighted by Crippen LogP contribution is -2.17. The molecule has 0 atom stereocenters. The van der Waals surface area contributed by atoms with E-state index >= 15 is 0 Å². The molecule has 72 valence electrons. The van der Waals surface area contributed by atoms with Gasteiger partial charge in [-0.15, -0.1) is 4.79 Å². The first-order valence-electron chi connectivity index (χ1n) is 3.81. The molecule has 0 aliphatic carbocycles. The zero-order valence-corrected chi connectivity index (χ0v) is 8.08. The van der Waals surface area contributed by atoms with E-state index in [9.17, 15) is 9.28 Å². The number of pyridine rings is 1. The second kappa shape index (κ2) is 3.38. The topological polar surface area (TPSA) is 47.8 Å². The van der Waals surface area contributed by atoms with Crippen molar-refractivity contribution in [3.05, 3.63) is 28.8 Å². The smallest absolute Gasteiger partial charge is 0.266 e.